The Balaban J connectivity index is 2.17. The third-order valence-electron chi connectivity index (χ3n) is 3.47. The van der Waals surface area contributed by atoms with E-state index in [4.69, 9.17) is 10.6 Å². The third-order valence-corrected chi connectivity index (χ3v) is 6.79. The summed E-state index contributed by atoms with van der Waals surface area (Å²) in [6.45, 7) is 6.04. The first kappa shape index (κ1) is 12.0. The van der Waals surface area contributed by atoms with Gasteiger partial charge in [0.25, 0.3) is 0 Å². The van der Waals surface area contributed by atoms with Crippen LogP contribution in [0.1, 0.15) is 20.3 Å². The first-order valence-corrected chi connectivity index (χ1v) is 7.78. The van der Waals surface area contributed by atoms with E-state index in [-0.39, 0.29) is 5.60 Å². The lowest BCUT2D eigenvalue weighted by atomic mass is 9.97. The smallest absolute Gasteiger partial charge is 0.165 e. The van der Waals surface area contributed by atoms with Crippen LogP contribution in [0.2, 0.25) is 11.6 Å². The largest absolute Gasteiger partial charge is 0.371 e. The lowest BCUT2D eigenvalue weighted by Gasteiger charge is -2.39. The Morgan fingerprint density at radius 1 is 1.56 bits per heavy atom. The average Bonchev–Trinajstić information content (AvgIpc) is 2.65. The number of hydrazine groups is 1. The number of rotatable bonds is 3. The lowest BCUT2D eigenvalue weighted by molar-refractivity contribution is 0.0135. The van der Waals surface area contributed by atoms with Gasteiger partial charge < -0.3 is 4.74 Å². The molecule has 0 bridgehead atoms. The number of nitrogens with two attached hydrogens (primary N) is 1. The van der Waals surface area contributed by atoms with Crippen molar-refractivity contribution in [3.05, 3.63) is 24.3 Å². The molecule has 0 amide bonds. The SMILES string of the molecule is CCOC1(C)C=CC=CC1[Si]1CCCN1N. The molecule has 4 heteroatoms. The van der Waals surface area contributed by atoms with E-state index >= 15 is 0 Å². The van der Waals surface area contributed by atoms with Crippen molar-refractivity contribution in [2.24, 2.45) is 5.84 Å². The van der Waals surface area contributed by atoms with Crippen molar-refractivity contribution in [3.8, 4) is 0 Å². The summed E-state index contributed by atoms with van der Waals surface area (Å²) in [5, 5.41) is 0. The number of ether oxygens (including phenoxy) is 1. The zero-order valence-corrected chi connectivity index (χ0v) is 11.1. The van der Waals surface area contributed by atoms with E-state index in [0.717, 1.165) is 13.2 Å². The second-order valence-corrected chi connectivity index (χ2v) is 7.31. The molecule has 0 aromatic rings. The Kier molecular flexibility index (Phi) is 3.64. The second-order valence-electron chi connectivity index (χ2n) is 4.63. The maximum absolute atomic E-state index is 6.09. The maximum Gasteiger partial charge on any atom is 0.165 e. The molecular weight excluding hydrogens is 216 g/mol. The van der Waals surface area contributed by atoms with Crippen LogP contribution in [0.5, 0.6) is 0 Å². The van der Waals surface area contributed by atoms with Crippen LogP contribution in [0.15, 0.2) is 24.3 Å². The van der Waals surface area contributed by atoms with Crippen LogP contribution in [-0.2, 0) is 4.74 Å². The van der Waals surface area contributed by atoms with E-state index < -0.39 is 8.96 Å². The minimum Gasteiger partial charge on any atom is -0.371 e. The second kappa shape index (κ2) is 4.83. The van der Waals surface area contributed by atoms with Crippen LogP contribution in [0.4, 0.5) is 0 Å². The monoisotopic (exact) mass is 237 g/mol. The topological polar surface area (TPSA) is 38.5 Å². The molecule has 1 fully saturated rings. The van der Waals surface area contributed by atoms with Crippen LogP contribution in [-0.4, -0.2) is 32.4 Å². The summed E-state index contributed by atoms with van der Waals surface area (Å²) in [7, 11) is -0.670. The van der Waals surface area contributed by atoms with E-state index in [1.807, 2.05) is 0 Å². The first-order valence-electron chi connectivity index (χ1n) is 6.05. The van der Waals surface area contributed by atoms with Gasteiger partial charge in [0.1, 0.15) is 0 Å². The van der Waals surface area contributed by atoms with Crippen molar-refractivity contribution in [3.63, 3.8) is 0 Å². The summed E-state index contributed by atoms with van der Waals surface area (Å²) in [6.07, 6.45) is 9.93. The van der Waals surface area contributed by atoms with Gasteiger partial charge in [0.2, 0.25) is 0 Å². The van der Waals surface area contributed by atoms with Gasteiger partial charge in [0, 0.05) is 18.7 Å². The Morgan fingerprint density at radius 3 is 3.00 bits per heavy atom. The molecule has 0 aromatic heterocycles. The predicted octanol–water partition coefficient (Wildman–Crippen LogP) is 1.85. The highest BCUT2D eigenvalue weighted by Crippen LogP contribution is 2.39. The van der Waals surface area contributed by atoms with Crippen molar-refractivity contribution in [1.29, 1.82) is 0 Å². The van der Waals surface area contributed by atoms with Crippen LogP contribution in [0, 0.1) is 0 Å². The maximum atomic E-state index is 6.09. The molecule has 1 radical (unpaired) electrons. The van der Waals surface area contributed by atoms with E-state index in [9.17, 15) is 0 Å². The molecule has 2 rings (SSSR count). The summed E-state index contributed by atoms with van der Waals surface area (Å²) < 4.78 is 8.03. The lowest BCUT2D eigenvalue weighted by Crippen LogP contribution is -2.49. The Hall–Kier alpha value is -0.423. The van der Waals surface area contributed by atoms with Gasteiger partial charge in [-0.3, -0.25) is 10.5 Å². The number of allylic oxidation sites excluding steroid dienone is 2. The van der Waals surface area contributed by atoms with Gasteiger partial charge in [-0.1, -0.05) is 24.3 Å². The van der Waals surface area contributed by atoms with E-state index in [1.165, 1.54) is 12.5 Å². The van der Waals surface area contributed by atoms with Crippen molar-refractivity contribution in [1.82, 2.24) is 4.67 Å². The molecule has 0 aromatic carbocycles. The van der Waals surface area contributed by atoms with Crippen molar-refractivity contribution in [2.75, 3.05) is 13.2 Å². The van der Waals surface area contributed by atoms with Crippen LogP contribution >= 0.6 is 0 Å². The van der Waals surface area contributed by atoms with Gasteiger partial charge in [0.05, 0.1) is 5.60 Å². The minimum atomic E-state index is -0.670. The van der Waals surface area contributed by atoms with E-state index in [0.29, 0.717) is 5.54 Å². The molecule has 2 atom stereocenters. The van der Waals surface area contributed by atoms with Crippen molar-refractivity contribution < 1.29 is 4.74 Å². The van der Waals surface area contributed by atoms with Gasteiger partial charge in [-0.05, 0) is 26.3 Å². The molecule has 0 saturated carbocycles. The van der Waals surface area contributed by atoms with E-state index in [1.54, 1.807) is 0 Å². The van der Waals surface area contributed by atoms with Gasteiger partial charge in [-0.2, -0.15) is 0 Å². The van der Waals surface area contributed by atoms with Crippen molar-refractivity contribution in [2.45, 2.75) is 37.5 Å². The molecule has 2 N–H and O–H groups in total. The zero-order chi connectivity index (χ0) is 11.6. The molecule has 1 heterocycles. The molecule has 1 aliphatic carbocycles. The number of hydrogen-bond acceptors (Lipinski definition) is 3. The fraction of sp³-hybridized carbons (Fsp3) is 0.667. The Morgan fingerprint density at radius 2 is 2.38 bits per heavy atom. The molecule has 2 unspecified atom stereocenters. The minimum absolute atomic E-state index is 0.153. The highest BCUT2D eigenvalue weighted by molar-refractivity contribution is 6.59. The summed E-state index contributed by atoms with van der Waals surface area (Å²) in [6, 6.07) is 1.27. The van der Waals surface area contributed by atoms with Crippen molar-refractivity contribution >= 4 is 8.96 Å². The molecule has 1 saturated heterocycles. The highest BCUT2D eigenvalue weighted by Gasteiger charge is 2.42. The summed E-state index contributed by atoms with van der Waals surface area (Å²) in [5.41, 5.74) is 0.315. The average molecular weight is 237 g/mol. The fourth-order valence-corrected chi connectivity index (χ4v) is 5.75. The third kappa shape index (κ3) is 2.15. The fourth-order valence-electron chi connectivity index (χ4n) is 2.66. The predicted molar refractivity (Wildman–Crippen MR) is 68.1 cm³/mol. The van der Waals surface area contributed by atoms with Crippen LogP contribution < -0.4 is 5.84 Å². The first-order chi connectivity index (χ1) is 7.67. The number of nitrogens with zero attached hydrogens (tertiary/aromatic N) is 1. The standard InChI is InChI=1S/C12H21N2OSi/c1-3-15-12(2)8-5-4-7-11(12)16-10-6-9-14(16)13/h4-5,7-8,11H,3,6,9-10,13H2,1-2H3. The quantitative estimate of drug-likeness (QED) is 0.601. The van der Waals surface area contributed by atoms with Gasteiger partial charge in [-0.25, -0.2) is 0 Å². The van der Waals surface area contributed by atoms with Gasteiger partial charge in [-0.15, -0.1) is 0 Å². The van der Waals surface area contributed by atoms with Gasteiger partial charge >= 0.3 is 0 Å². The highest BCUT2D eigenvalue weighted by atomic mass is 28.3. The Bertz CT molecular complexity index is 305. The molecule has 1 aliphatic heterocycles. The van der Waals surface area contributed by atoms with Crippen LogP contribution in [0.25, 0.3) is 0 Å². The molecule has 0 spiro atoms. The summed E-state index contributed by atoms with van der Waals surface area (Å²) in [5.74, 6) is 6.09. The van der Waals surface area contributed by atoms with Gasteiger partial charge in [0.15, 0.2) is 8.96 Å². The normalized spacial score (nSPS) is 36.1. The zero-order valence-electron chi connectivity index (χ0n) is 10.1. The molecule has 16 heavy (non-hydrogen) atoms. The molecule has 89 valence electrons. The number of hydrogen-bond donors (Lipinski definition) is 1. The summed E-state index contributed by atoms with van der Waals surface area (Å²) >= 11 is 0. The Labute approximate surface area is 99.6 Å². The summed E-state index contributed by atoms with van der Waals surface area (Å²) in [4.78, 5) is 0. The van der Waals surface area contributed by atoms with E-state index in [2.05, 4.69) is 42.8 Å². The van der Waals surface area contributed by atoms with Crippen LogP contribution in [0.3, 0.4) is 0 Å². The molecule has 3 nitrogen and oxygen atoms in total. The molecular formula is C12H21N2OSi. The molecule has 2 aliphatic rings.